The van der Waals surface area contributed by atoms with Crippen LogP contribution in [0.1, 0.15) is 11.6 Å². The van der Waals surface area contributed by atoms with Crippen LogP contribution in [0.5, 0.6) is 5.75 Å². The van der Waals surface area contributed by atoms with Gasteiger partial charge in [0.15, 0.2) is 0 Å². The fourth-order valence-electron chi connectivity index (χ4n) is 2.35. The molecule has 3 nitrogen and oxygen atoms in total. The van der Waals surface area contributed by atoms with Gasteiger partial charge in [0, 0.05) is 17.6 Å². The van der Waals surface area contributed by atoms with Crippen LogP contribution in [-0.2, 0) is 0 Å². The van der Waals surface area contributed by atoms with Crippen molar-refractivity contribution in [2.45, 2.75) is 6.04 Å². The standard InChI is InChI=1S/C18H18N2O/c1-19-18(14-6-3-2-4-7-14)13-21-16-10-9-15-8-5-11-20-17(15)12-16/h2-12,18-19H,13H2,1H3. The molecule has 0 spiro atoms. The van der Waals surface area contributed by atoms with E-state index in [1.807, 2.05) is 55.6 Å². The molecule has 0 amide bonds. The van der Waals surface area contributed by atoms with E-state index in [4.69, 9.17) is 4.74 Å². The summed E-state index contributed by atoms with van der Waals surface area (Å²) < 4.78 is 5.92. The van der Waals surface area contributed by atoms with Gasteiger partial charge in [0.05, 0.1) is 11.6 Å². The molecule has 0 bridgehead atoms. The molecule has 0 radical (unpaired) electrons. The van der Waals surface area contributed by atoms with Gasteiger partial charge in [0.25, 0.3) is 0 Å². The Morgan fingerprint density at radius 2 is 1.90 bits per heavy atom. The summed E-state index contributed by atoms with van der Waals surface area (Å²) in [6, 6.07) is 20.5. The molecule has 0 fully saturated rings. The SMILES string of the molecule is CNC(COc1ccc2cccnc2c1)c1ccccc1. The summed E-state index contributed by atoms with van der Waals surface area (Å²) in [5, 5.41) is 4.41. The van der Waals surface area contributed by atoms with Gasteiger partial charge >= 0.3 is 0 Å². The predicted molar refractivity (Wildman–Crippen MR) is 85.5 cm³/mol. The molecule has 0 aliphatic heterocycles. The van der Waals surface area contributed by atoms with Gasteiger partial charge in [-0.25, -0.2) is 0 Å². The number of benzene rings is 2. The van der Waals surface area contributed by atoms with E-state index in [1.165, 1.54) is 5.56 Å². The van der Waals surface area contributed by atoms with E-state index in [-0.39, 0.29) is 6.04 Å². The number of ether oxygens (including phenoxy) is 1. The third-order valence-corrected chi connectivity index (χ3v) is 3.54. The summed E-state index contributed by atoms with van der Waals surface area (Å²) in [5.74, 6) is 0.845. The van der Waals surface area contributed by atoms with Crippen LogP contribution in [0, 0.1) is 0 Å². The zero-order valence-electron chi connectivity index (χ0n) is 12.0. The van der Waals surface area contributed by atoms with E-state index in [0.29, 0.717) is 6.61 Å². The Balaban J connectivity index is 1.73. The van der Waals surface area contributed by atoms with Gasteiger partial charge < -0.3 is 10.1 Å². The molecule has 3 heteroatoms. The van der Waals surface area contributed by atoms with E-state index < -0.39 is 0 Å². The molecule has 3 aromatic rings. The van der Waals surface area contributed by atoms with Crippen molar-refractivity contribution in [1.82, 2.24) is 10.3 Å². The largest absolute Gasteiger partial charge is 0.492 e. The third-order valence-electron chi connectivity index (χ3n) is 3.54. The number of hydrogen-bond donors (Lipinski definition) is 1. The molecule has 1 aromatic heterocycles. The Labute approximate surface area is 124 Å². The molecule has 21 heavy (non-hydrogen) atoms. The van der Waals surface area contributed by atoms with Gasteiger partial charge in [-0.3, -0.25) is 4.98 Å². The van der Waals surface area contributed by atoms with Crippen LogP contribution in [0.3, 0.4) is 0 Å². The Kier molecular flexibility index (Phi) is 4.12. The average Bonchev–Trinajstić information content (AvgIpc) is 2.56. The van der Waals surface area contributed by atoms with Crippen LogP contribution in [-0.4, -0.2) is 18.6 Å². The van der Waals surface area contributed by atoms with Gasteiger partial charge in [-0.1, -0.05) is 36.4 Å². The molecule has 1 N–H and O–H groups in total. The van der Waals surface area contributed by atoms with Crippen LogP contribution in [0.15, 0.2) is 66.9 Å². The average molecular weight is 278 g/mol. The summed E-state index contributed by atoms with van der Waals surface area (Å²) in [6.07, 6.45) is 1.80. The van der Waals surface area contributed by atoms with Crippen molar-refractivity contribution < 1.29 is 4.74 Å². The summed E-state index contributed by atoms with van der Waals surface area (Å²) in [7, 11) is 1.95. The second kappa shape index (κ2) is 6.37. The molecule has 106 valence electrons. The van der Waals surface area contributed by atoms with E-state index in [9.17, 15) is 0 Å². The number of hydrogen-bond acceptors (Lipinski definition) is 3. The summed E-state index contributed by atoms with van der Waals surface area (Å²) in [6.45, 7) is 0.582. The monoisotopic (exact) mass is 278 g/mol. The molecular weight excluding hydrogens is 260 g/mol. The Morgan fingerprint density at radius 3 is 2.71 bits per heavy atom. The molecule has 0 saturated heterocycles. The maximum Gasteiger partial charge on any atom is 0.121 e. The number of aromatic nitrogens is 1. The minimum atomic E-state index is 0.172. The zero-order valence-corrected chi connectivity index (χ0v) is 12.0. The van der Waals surface area contributed by atoms with Crippen molar-refractivity contribution in [3.05, 3.63) is 72.4 Å². The lowest BCUT2D eigenvalue weighted by Crippen LogP contribution is -2.23. The quantitative estimate of drug-likeness (QED) is 0.774. The number of pyridine rings is 1. The summed E-state index contributed by atoms with van der Waals surface area (Å²) >= 11 is 0. The lowest BCUT2D eigenvalue weighted by atomic mass is 10.1. The third kappa shape index (κ3) is 3.20. The van der Waals surface area contributed by atoms with Crippen LogP contribution in [0.25, 0.3) is 10.9 Å². The Bertz CT molecular complexity index is 712. The van der Waals surface area contributed by atoms with Gasteiger partial charge in [0.1, 0.15) is 12.4 Å². The van der Waals surface area contributed by atoms with Crippen LogP contribution in [0.2, 0.25) is 0 Å². The van der Waals surface area contributed by atoms with Crippen LogP contribution in [0.4, 0.5) is 0 Å². The first-order chi connectivity index (χ1) is 10.4. The maximum absolute atomic E-state index is 5.92. The van der Waals surface area contributed by atoms with Gasteiger partial charge in [-0.05, 0) is 30.8 Å². The van der Waals surface area contributed by atoms with E-state index in [2.05, 4.69) is 22.4 Å². The first-order valence-corrected chi connectivity index (χ1v) is 7.06. The summed E-state index contributed by atoms with van der Waals surface area (Å²) in [4.78, 5) is 4.35. The number of nitrogens with one attached hydrogen (secondary N) is 1. The minimum Gasteiger partial charge on any atom is -0.492 e. The lowest BCUT2D eigenvalue weighted by molar-refractivity contribution is 0.273. The smallest absolute Gasteiger partial charge is 0.121 e. The van der Waals surface area contributed by atoms with E-state index >= 15 is 0 Å². The van der Waals surface area contributed by atoms with Crippen molar-refractivity contribution in [1.29, 1.82) is 0 Å². The Morgan fingerprint density at radius 1 is 1.05 bits per heavy atom. The number of nitrogens with zero attached hydrogens (tertiary/aromatic N) is 1. The van der Waals surface area contributed by atoms with E-state index in [0.717, 1.165) is 16.7 Å². The number of likely N-dealkylation sites (N-methyl/N-ethyl adjacent to an activating group) is 1. The predicted octanol–water partition coefficient (Wildman–Crippen LogP) is 3.57. The highest BCUT2D eigenvalue weighted by Crippen LogP contribution is 2.20. The molecule has 1 unspecified atom stereocenters. The maximum atomic E-state index is 5.92. The van der Waals surface area contributed by atoms with Crippen molar-refractivity contribution in [2.24, 2.45) is 0 Å². The summed E-state index contributed by atoms with van der Waals surface area (Å²) in [5.41, 5.74) is 2.18. The van der Waals surface area contributed by atoms with Crippen LogP contribution >= 0.6 is 0 Å². The topological polar surface area (TPSA) is 34.1 Å². The highest BCUT2D eigenvalue weighted by atomic mass is 16.5. The second-order valence-corrected chi connectivity index (χ2v) is 4.92. The number of fused-ring (bicyclic) bond motifs is 1. The molecule has 0 aliphatic rings. The molecular formula is C18H18N2O. The normalized spacial score (nSPS) is 12.2. The molecule has 3 rings (SSSR count). The van der Waals surface area contributed by atoms with Gasteiger partial charge in [-0.15, -0.1) is 0 Å². The van der Waals surface area contributed by atoms with E-state index in [1.54, 1.807) is 6.20 Å². The molecule has 2 aromatic carbocycles. The van der Waals surface area contributed by atoms with Crippen molar-refractivity contribution in [2.75, 3.05) is 13.7 Å². The molecule has 1 heterocycles. The highest BCUT2D eigenvalue weighted by Gasteiger charge is 2.09. The highest BCUT2D eigenvalue weighted by molar-refractivity contribution is 5.79. The number of rotatable bonds is 5. The second-order valence-electron chi connectivity index (χ2n) is 4.92. The first-order valence-electron chi connectivity index (χ1n) is 7.06. The lowest BCUT2D eigenvalue weighted by Gasteiger charge is -2.17. The van der Waals surface area contributed by atoms with Crippen molar-refractivity contribution in [3.63, 3.8) is 0 Å². The van der Waals surface area contributed by atoms with Gasteiger partial charge in [-0.2, -0.15) is 0 Å². The molecule has 1 atom stereocenters. The van der Waals surface area contributed by atoms with Crippen molar-refractivity contribution >= 4 is 10.9 Å². The molecule has 0 saturated carbocycles. The minimum absolute atomic E-state index is 0.172. The van der Waals surface area contributed by atoms with Gasteiger partial charge in [0.2, 0.25) is 0 Å². The Hall–Kier alpha value is -2.39. The molecule has 0 aliphatic carbocycles. The fourth-order valence-corrected chi connectivity index (χ4v) is 2.35. The van der Waals surface area contributed by atoms with Crippen molar-refractivity contribution in [3.8, 4) is 5.75 Å². The fraction of sp³-hybridized carbons (Fsp3) is 0.167. The first kappa shape index (κ1) is 13.6. The zero-order chi connectivity index (χ0) is 14.5. The van der Waals surface area contributed by atoms with Crippen LogP contribution < -0.4 is 10.1 Å².